The second-order valence-corrected chi connectivity index (χ2v) is 4.69. The van der Waals surface area contributed by atoms with Crippen LogP contribution in [0.3, 0.4) is 0 Å². The molecule has 1 aliphatic rings. The highest BCUT2D eigenvalue weighted by Gasteiger charge is 2.36. The summed E-state index contributed by atoms with van der Waals surface area (Å²) >= 11 is 0. The van der Waals surface area contributed by atoms with Gasteiger partial charge in [-0.1, -0.05) is 18.2 Å². The van der Waals surface area contributed by atoms with Crippen LogP contribution in [0.5, 0.6) is 0 Å². The molecule has 0 bridgehead atoms. The van der Waals surface area contributed by atoms with Crippen molar-refractivity contribution in [2.45, 2.75) is 6.04 Å². The van der Waals surface area contributed by atoms with Crippen molar-refractivity contribution in [1.29, 1.82) is 0 Å². The number of carbonyl (C=O) groups excluding carboxylic acids is 1. The number of nitrogens with one attached hydrogen (secondary N) is 1. The molecule has 0 radical (unpaired) electrons. The van der Waals surface area contributed by atoms with E-state index < -0.39 is 5.97 Å². The standard InChI is InChI=1S/C14H18N2O4/c1-15-12-9-20-8-11(12)14(19)16(7-13(17)18)10-5-3-2-4-6-10/h2-6,11-12,15H,7-9H2,1H3,(H,17,18). The molecule has 1 saturated heterocycles. The average molecular weight is 278 g/mol. The van der Waals surface area contributed by atoms with Gasteiger partial charge in [0, 0.05) is 11.7 Å². The van der Waals surface area contributed by atoms with Gasteiger partial charge in [-0.2, -0.15) is 0 Å². The summed E-state index contributed by atoms with van der Waals surface area (Å²) in [5, 5.41) is 12.1. The molecule has 2 N–H and O–H groups in total. The van der Waals surface area contributed by atoms with Gasteiger partial charge in [0.05, 0.1) is 19.1 Å². The third-order valence-electron chi connectivity index (χ3n) is 3.40. The van der Waals surface area contributed by atoms with Gasteiger partial charge in [-0.05, 0) is 19.2 Å². The topological polar surface area (TPSA) is 78.9 Å². The number of para-hydroxylation sites is 1. The zero-order valence-corrected chi connectivity index (χ0v) is 11.3. The van der Waals surface area contributed by atoms with Crippen LogP contribution >= 0.6 is 0 Å². The fourth-order valence-corrected chi connectivity index (χ4v) is 2.32. The summed E-state index contributed by atoms with van der Waals surface area (Å²) in [5.74, 6) is -1.63. The maximum Gasteiger partial charge on any atom is 0.323 e. The maximum atomic E-state index is 12.6. The van der Waals surface area contributed by atoms with Crippen LogP contribution in [0.15, 0.2) is 30.3 Å². The molecule has 108 valence electrons. The van der Waals surface area contributed by atoms with Crippen LogP contribution in [0.1, 0.15) is 0 Å². The lowest BCUT2D eigenvalue weighted by atomic mass is 10.0. The number of hydrogen-bond acceptors (Lipinski definition) is 4. The van der Waals surface area contributed by atoms with Crippen molar-refractivity contribution >= 4 is 17.6 Å². The minimum atomic E-state index is -1.04. The Labute approximate surface area is 117 Å². The normalized spacial score (nSPS) is 21.6. The minimum Gasteiger partial charge on any atom is -0.480 e. The molecule has 1 aromatic rings. The molecule has 1 aromatic carbocycles. The highest BCUT2D eigenvalue weighted by atomic mass is 16.5. The highest BCUT2D eigenvalue weighted by Crippen LogP contribution is 2.21. The van der Waals surface area contributed by atoms with E-state index in [-0.39, 0.29) is 24.4 Å². The number of nitrogens with zero attached hydrogens (tertiary/aromatic N) is 1. The third kappa shape index (κ3) is 3.15. The predicted molar refractivity (Wildman–Crippen MR) is 73.6 cm³/mol. The quantitative estimate of drug-likeness (QED) is 0.812. The number of likely N-dealkylation sites (N-methyl/N-ethyl adjacent to an activating group) is 1. The van der Waals surface area contributed by atoms with E-state index in [4.69, 9.17) is 9.84 Å². The van der Waals surface area contributed by atoms with Crippen molar-refractivity contribution in [3.05, 3.63) is 30.3 Å². The first kappa shape index (κ1) is 14.5. The Morgan fingerprint density at radius 3 is 2.65 bits per heavy atom. The van der Waals surface area contributed by atoms with Gasteiger partial charge in [0.1, 0.15) is 6.54 Å². The van der Waals surface area contributed by atoms with Gasteiger partial charge in [0.15, 0.2) is 0 Å². The molecule has 6 nitrogen and oxygen atoms in total. The van der Waals surface area contributed by atoms with Crippen molar-refractivity contribution in [3.8, 4) is 0 Å². The minimum absolute atomic E-state index is 0.0810. The Balaban J connectivity index is 2.22. The number of rotatable bonds is 5. The molecule has 1 fully saturated rings. The number of carbonyl (C=O) groups is 2. The number of benzene rings is 1. The molecular weight excluding hydrogens is 260 g/mol. The highest BCUT2D eigenvalue weighted by molar-refractivity contribution is 5.99. The van der Waals surface area contributed by atoms with Crippen LogP contribution in [0.2, 0.25) is 0 Å². The predicted octanol–water partition coefficient (Wildman–Crippen LogP) is 0.339. The van der Waals surface area contributed by atoms with Gasteiger partial charge < -0.3 is 20.1 Å². The lowest BCUT2D eigenvalue weighted by Crippen LogP contribution is -2.46. The SMILES string of the molecule is CNC1COCC1C(=O)N(CC(=O)O)c1ccccc1. The Bertz CT molecular complexity index is 477. The number of hydrogen-bond donors (Lipinski definition) is 2. The Morgan fingerprint density at radius 1 is 1.35 bits per heavy atom. The van der Waals surface area contributed by atoms with Crippen molar-refractivity contribution in [3.63, 3.8) is 0 Å². The molecule has 0 aromatic heterocycles. The molecule has 1 heterocycles. The fraction of sp³-hybridized carbons (Fsp3) is 0.429. The second-order valence-electron chi connectivity index (χ2n) is 4.69. The van der Waals surface area contributed by atoms with Crippen LogP contribution in [-0.2, 0) is 14.3 Å². The van der Waals surface area contributed by atoms with Gasteiger partial charge in [0.2, 0.25) is 5.91 Å². The Morgan fingerprint density at radius 2 is 2.05 bits per heavy atom. The molecular formula is C14H18N2O4. The summed E-state index contributed by atoms with van der Waals surface area (Å²) < 4.78 is 5.32. The molecule has 20 heavy (non-hydrogen) atoms. The summed E-state index contributed by atoms with van der Waals surface area (Å²) in [4.78, 5) is 24.9. The molecule has 6 heteroatoms. The summed E-state index contributed by atoms with van der Waals surface area (Å²) in [7, 11) is 1.77. The summed E-state index contributed by atoms with van der Waals surface area (Å²) in [5.41, 5.74) is 0.585. The van der Waals surface area contributed by atoms with Gasteiger partial charge in [-0.3, -0.25) is 9.59 Å². The van der Waals surface area contributed by atoms with Gasteiger partial charge >= 0.3 is 5.97 Å². The molecule has 0 aliphatic carbocycles. The van der Waals surface area contributed by atoms with E-state index in [1.807, 2.05) is 6.07 Å². The van der Waals surface area contributed by atoms with E-state index in [1.165, 1.54) is 4.90 Å². The smallest absolute Gasteiger partial charge is 0.323 e. The zero-order valence-electron chi connectivity index (χ0n) is 11.3. The number of anilines is 1. The first-order valence-electron chi connectivity index (χ1n) is 6.46. The van der Waals surface area contributed by atoms with Gasteiger partial charge in [-0.15, -0.1) is 0 Å². The van der Waals surface area contributed by atoms with Crippen LogP contribution in [0.4, 0.5) is 5.69 Å². The maximum absolute atomic E-state index is 12.6. The molecule has 2 atom stereocenters. The van der Waals surface area contributed by atoms with Crippen molar-refractivity contribution in [2.24, 2.45) is 5.92 Å². The van der Waals surface area contributed by atoms with Crippen LogP contribution < -0.4 is 10.2 Å². The molecule has 1 amide bonds. The zero-order chi connectivity index (χ0) is 14.5. The second kappa shape index (κ2) is 6.49. The number of carboxylic acids is 1. The van der Waals surface area contributed by atoms with Crippen molar-refractivity contribution in [1.82, 2.24) is 5.32 Å². The lowest BCUT2D eigenvalue weighted by molar-refractivity contribution is -0.137. The largest absolute Gasteiger partial charge is 0.480 e. The van der Waals surface area contributed by atoms with E-state index >= 15 is 0 Å². The van der Waals surface area contributed by atoms with Crippen LogP contribution in [0.25, 0.3) is 0 Å². The molecule has 2 rings (SSSR count). The molecule has 2 unspecified atom stereocenters. The molecule has 1 aliphatic heterocycles. The monoisotopic (exact) mass is 278 g/mol. The van der Waals surface area contributed by atoms with E-state index in [0.29, 0.717) is 18.9 Å². The van der Waals surface area contributed by atoms with E-state index in [0.717, 1.165) is 0 Å². The number of aliphatic carboxylic acids is 1. The average Bonchev–Trinajstić information content (AvgIpc) is 2.93. The van der Waals surface area contributed by atoms with E-state index in [1.54, 1.807) is 31.3 Å². The van der Waals surface area contributed by atoms with E-state index in [9.17, 15) is 9.59 Å². The summed E-state index contributed by atoms with van der Waals surface area (Å²) in [6, 6.07) is 8.75. The van der Waals surface area contributed by atoms with Gasteiger partial charge in [0.25, 0.3) is 0 Å². The fourth-order valence-electron chi connectivity index (χ4n) is 2.32. The van der Waals surface area contributed by atoms with Crippen molar-refractivity contribution in [2.75, 3.05) is 31.7 Å². The number of amides is 1. The summed E-state index contributed by atoms with van der Waals surface area (Å²) in [6.45, 7) is 0.422. The number of ether oxygens (including phenoxy) is 1. The first-order valence-corrected chi connectivity index (χ1v) is 6.46. The number of carboxylic acid groups (broad SMARTS) is 1. The first-order chi connectivity index (χ1) is 9.63. The third-order valence-corrected chi connectivity index (χ3v) is 3.40. The van der Waals surface area contributed by atoms with Crippen molar-refractivity contribution < 1.29 is 19.4 Å². The van der Waals surface area contributed by atoms with E-state index in [2.05, 4.69) is 5.32 Å². The van der Waals surface area contributed by atoms with Crippen LogP contribution in [-0.4, -0.2) is 49.8 Å². The lowest BCUT2D eigenvalue weighted by Gasteiger charge is -2.26. The molecule has 0 saturated carbocycles. The Kier molecular flexibility index (Phi) is 4.70. The van der Waals surface area contributed by atoms with Gasteiger partial charge in [-0.25, -0.2) is 0 Å². The van der Waals surface area contributed by atoms with Crippen LogP contribution in [0, 0.1) is 5.92 Å². The summed E-state index contributed by atoms with van der Waals surface area (Å²) in [6.07, 6.45) is 0. The molecule has 0 spiro atoms. The Hall–Kier alpha value is -1.92.